The lowest BCUT2D eigenvalue weighted by molar-refractivity contribution is -0.0849. The Morgan fingerprint density at radius 2 is 2.00 bits per heavy atom. The van der Waals surface area contributed by atoms with Crippen LogP contribution < -0.4 is 5.32 Å². The van der Waals surface area contributed by atoms with Gasteiger partial charge in [0.1, 0.15) is 0 Å². The molecule has 1 fully saturated rings. The number of nitrogens with zero attached hydrogens (tertiary/aromatic N) is 3. The summed E-state index contributed by atoms with van der Waals surface area (Å²) in [5.74, 6) is 0. The van der Waals surface area contributed by atoms with Gasteiger partial charge < -0.3 is 10.1 Å². The van der Waals surface area contributed by atoms with Gasteiger partial charge in [-0.3, -0.25) is 4.68 Å². The number of ether oxygens (including phenoxy) is 1. The summed E-state index contributed by atoms with van der Waals surface area (Å²) in [4.78, 5) is 0. The summed E-state index contributed by atoms with van der Waals surface area (Å²) >= 11 is 0. The minimum Gasteiger partial charge on any atom is -0.377 e. The normalized spacial score (nSPS) is 22.6. The van der Waals surface area contributed by atoms with Gasteiger partial charge in [-0.05, 0) is 38.1 Å². The molecule has 1 aliphatic rings. The van der Waals surface area contributed by atoms with E-state index in [1.807, 2.05) is 27.4 Å². The Morgan fingerprint density at radius 1 is 1.35 bits per heavy atom. The molecule has 1 atom stereocenters. The third kappa shape index (κ3) is 3.20. The van der Waals surface area contributed by atoms with Crippen LogP contribution in [-0.2, 0) is 18.2 Å². The van der Waals surface area contributed by atoms with Crippen molar-refractivity contribution in [1.29, 1.82) is 0 Å². The average Bonchev–Trinajstić information content (AvgIpc) is 2.83. The molecule has 1 heterocycles. The smallest absolute Gasteiger partial charge is 0.0843 e. The van der Waals surface area contributed by atoms with Gasteiger partial charge in [-0.15, -0.1) is 5.10 Å². The molecule has 1 saturated carbocycles. The van der Waals surface area contributed by atoms with Crippen molar-refractivity contribution in [3.05, 3.63) is 11.9 Å². The van der Waals surface area contributed by atoms with Gasteiger partial charge >= 0.3 is 0 Å². The second-order valence-electron chi connectivity index (χ2n) is 6.86. The number of nitrogens with one attached hydrogen (secondary N) is 1. The van der Waals surface area contributed by atoms with Crippen LogP contribution in [0.3, 0.4) is 0 Å². The number of likely N-dealkylation sites (N-methyl/N-ethyl adjacent to an activating group) is 1. The summed E-state index contributed by atoms with van der Waals surface area (Å²) in [6, 6.07) is 0.278. The lowest BCUT2D eigenvalue weighted by Crippen LogP contribution is -2.54. The van der Waals surface area contributed by atoms with Gasteiger partial charge in [-0.25, -0.2) is 0 Å². The summed E-state index contributed by atoms with van der Waals surface area (Å²) < 4.78 is 7.74. The molecule has 5 nitrogen and oxygen atoms in total. The van der Waals surface area contributed by atoms with E-state index < -0.39 is 0 Å². The molecule has 0 saturated heterocycles. The number of methoxy groups -OCH3 is 1. The Kier molecular flexibility index (Phi) is 4.49. The van der Waals surface area contributed by atoms with E-state index in [4.69, 9.17) is 4.74 Å². The van der Waals surface area contributed by atoms with E-state index >= 15 is 0 Å². The molecule has 20 heavy (non-hydrogen) atoms. The van der Waals surface area contributed by atoms with Gasteiger partial charge in [0.2, 0.25) is 0 Å². The van der Waals surface area contributed by atoms with E-state index in [0.29, 0.717) is 5.41 Å². The Labute approximate surface area is 122 Å². The second-order valence-corrected chi connectivity index (χ2v) is 6.86. The largest absolute Gasteiger partial charge is 0.377 e. The first-order valence-electron chi connectivity index (χ1n) is 7.48. The number of aromatic nitrogens is 3. The maximum Gasteiger partial charge on any atom is 0.0843 e. The first kappa shape index (κ1) is 15.4. The number of rotatable bonds is 5. The lowest BCUT2D eigenvalue weighted by atomic mass is 9.68. The zero-order valence-corrected chi connectivity index (χ0v) is 13.4. The summed E-state index contributed by atoms with van der Waals surface area (Å²) in [7, 11) is 5.76. The molecule has 1 aromatic rings. The van der Waals surface area contributed by atoms with E-state index in [-0.39, 0.29) is 11.6 Å². The van der Waals surface area contributed by atoms with E-state index in [2.05, 4.69) is 29.5 Å². The van der Waals surface area contributed by atoms with Gasteiger partial charge in [0.15, 0.2) is 0 Å². The third-order valence-electron chi connectivity index (χ3n) is 4.90. The van der Waals surface area contributed by atoms with Gasteiger partial charge in [-0.2, -0.15) is 0 Å². The summed E-state index contributed by atoms with van der Waals surface area (Å²) in [5, 5.41) is 11.7. The van der Waals surface area contributed by atoms with Crippen molar-refractivity contribution in [3.8, 4) is 0 Å². The quantitative estimate of drug-likeness (QED) is 0.895. The Balaban J connectivity index is 2.11. The minimum absolute atomic E-state index is 0.0816. The number of hydrogen-bond donors (Lipinski definition) is 1. The Bertz CT molecular complexity index is 431. The van der Waals surface area contributed by atoms with Crippen molar-refractivity contribution in [2.45, 2.75) is 57.6 Å². The van der Waals surface area contributed by atoms with Crippen molar-refractivity contribution < 1.29 is 4.74 Å². The van der Waals surface area contributed by atoms with Crippen LogP contribution in [0.2, 0.25) is 0 Å². The highest BCUT2D eigenvalue weighted by Gasteiger charge is 2.43. The van der Waals surface area contributed by atoms with Crippen molar-refractivity contribution in [1.82, 2.24) is 20.3 Å². The lowest BCUT2D eigenvalue weighted by Gasteiger charge is -2.47. The standard InChI is InChI=1S/C15H28N4O/c1-14(2)6-8-15(20-5,9-7-14)13(16-3)10-12-11-19(4)18-17-12/h11,13,16H,6-10H2,1-5H3. The van der Waals surface area contributed by atoms with Gasteiger partial charge in [0.05, 0.1) is 11.3 Å². The molecule has 0 spiro atoms. The molecule has 0 bridgehead atoms. The van der Waals surface area contributed by atoms with E-state index in [0.717, 1.165) is 25.0 Å². The van der Waals surface area contributed by atoms with E-state index in [9.17, 15) is 0 Å². The first-order chi connectivity index (χ1) is 9.41. The fourth-order valence-electron chi connectivity index (χ4n) is 3.29. The fraction of sp³-hybridized carbons (Fsp3) is 0.867. The van der Waals surface area contributed by atoms with Gasteiger partial charge in [-0.1, -0.05) is 19.1 Å². The SMILES string of the molecule is CNC(Cc1cn(C)nn1)C1(OC)CCC(C)(C)CC1. The molecule has 1 unspecified atom stereocenters. The number of aryl methyl sites for hydroxylation is 1. The molecule has 0 aliphatic heterocycles. The van der Waals surface area contributed by atoms with Crippen LogP contribution in [0.1, 0.15) is 45.2 Å². The topological polar surface area (TPSA) is 52.0 Å². The fourth-order valence-corrected chi connectivity index (χ4v) is 3.29. The molecule has 1 aliphatic carbocycles. The Morgan fingerprint density at radius 3 is 2.45 bits per heavy atom. The highest BCUT2D eigenvalue weighted by Crippen LogP contribution is 2.43. The van der Waals surface area contributed by atoms with Crippen molar-refractivity contribution in [3.63, 3.8) is 0 Å². The Hall–Kier alpha value is -0.940. The van der Waals surface area contributed by atoms with Crippen LogP contribution >= 0.6 is 0 Å². The molecule has 1 N–H and O–H groups in total. The van der Waals surface area contributed by atoms with Crippen LogP contribution in [0.25, 0.3) is 0 Å². The maximum atomic E-state index is 5.99. The van der Waals surface area contributed by atoms with Crippen LogP contribution in [0.15, 0.2) is 6.20 Å². The molecular weight excluding hydrogens is 252 g/mol. The summed E-state index contributed by atoms with van der Waals surface area (Å²) in [6.07, 6.45) is 7.46. The molecule has 0 amide bonds. The molecule has 5 heteroatoms. The molecule has 114 valence electrons. The van der Waals surface area contributed by atoms with Gasteiger partial charge in [0, 0.05) is 32.8 Å². The van der Waals surface area contributed by atoms with Gasteiger partial charge in [0.25, 0.3) is 0 Å². The predicted molar refractivity (Wildman–Crippen MR) is 79.5 cm³/mol. The zero-order chi connectivity index (χ0) is 14.8. The van der Waals surface area contributed by atoms with Crippen LogP contribution in [0.5, 0.6) is 0 Å². The second kappa shape index (κ2) is 5.82. The predicted octanol–water partition coefficient (Wildman–Crippen LogP) is 1.93. The first-order valence-corrected chi connectivity index (χ1v) is 7.48. The van der Waals surface area contributed by atoms with Crippen LogP contribution in [0, 0.1) is 5.41 Å². The monoisotopic (exact) mass is 280 g/mol. The average molecular weight is 280 g/mol. The minimum atomic E-state index is -0.0816. The molecule has 1 aromatic heterocycles. The van der Waals surface area contributed by atoms with Crippen molar-refractivity contribution >= 4 is 0 Å². The molecule has 0 radical (unpaired) electrons. The van der Waals surface area contributed by atoms with E-state index in [1.54, 1.807) is 4.68 Å². The molecular formula is C15H28N4O. The molecule has 2 rings (SSSR count). The van der Waals surface area contributed by atoms with Crippen LogP contribution in [0.4, 0.5) is 0 Å². The van der Waals surface area contributed by atoms with Crippen molar-refractivity contribution in [2.24, 2.45) is 12.5 Å². The summed E-state index contributed by atoms with van der Waals surface area (Å²) in [6.45, 7) is 4.70. The maximum absolute atomic E-state index is 5.99. The highest BCUT2D eigenvalue weighted by molar-refractivity contribution is 5.05. The molecule has 0 aromatic carbocycles. The van der Waals surface area contributed by atoms with Crippen LogP contribution in [-0.4, -0.2) is 40.8 Å². The zero-order valence-electron chi connectivity index (χ0n) is 13.4. The number of hydrogen-bond acceptors (Lipinski definition) is 4. The summed E-state index contributed by atoms with van der Waals surface area (Å²) in [5.41, 5.74) is 1.38. The third-order valence-corrected chi connectivity index (χ3v) is 4.90. The highest BCUT2D eigenvalue weighted by atomic mass is 16.5. The van der Waals surface area contributed by atoms with E-state index in [1.165, 1.54) is 12.8 Å². The van der Waals surface area contributed by atoms with Crippen molar-refractivity contribution in [2.75, 3.05) is 14.2 Å².